The van der Waals surface area contributed by atoms with Crippen LogP contribution in [0.1, 0.15) is 32.6 Å². The van der Waals surface area contributed by atoms with Gasteiger partial charge in [-0.05, 0) is 40.5 Å². The fourth-order valence-corrected chi connectivity index (χ4v) is 3.50. The normalized spacial score (nSPS) is 10.6. The smallest absolute Gasteiger partial charge is 0.188 e. The summed E-state index contributed by atoms with van der Waals surface area (Å²) in [6.07, 6.45) is 0.691. The first-order valence-corrected chi connectivity index (χ1v) is 10.8. The monoisotopic (exact) mass is 422 g/mol. The van der Waals surface area contributed by atoms with E-state index in [2.05, 4.69) is 12.1 Å². The van der Waals surface area contributed by atoms with Crippen LogP contribution >= 0.6 is 0 Å². The molecule has 0 aliphatic carbocycles. The Hall–Kier alpha value is -3.69. The molecule has 0 N–H and O–H groups in total. The van der Waals surface area contributed by atoms with E-state index in [9.17, 15) is 4.79 Å². The minimum absolute atomic E-state index is 0.0372. The molecule has 0 aliphatic heterocycles. The molecule has 0 heterocycles. The van der Waals surface area contributed by atoms with E-state index in [1.165, 1.54) is 5.56 Å². The van der Waals surface area contributed by atoms with Crippen molar-refractivity contribution in [2.75, 3.05) is 6.61 Å². The van der Waals surface area contributed by atoms with E-state index in [1.807, 2.05) is 97.1 Å². The number of hydrogen-bond donors (Lipinski definition) is 0. The van der Waals surface area contributed by atoms with Gasteiger partial charge in [-0.1, -0.05) is 91.0 Å². The molecule has 0 aliphatic rings. The van der Waals surface area contributed by atoms with Gasteiger partial charge in [0.25, 0.3) is 0 Å². The van der Waals surface area contributed by atoms with Gasteiger partial charge < -0.3 is 9.47 Å². The summed E-state index contributed by atoms with van der Waals surface area (Å²) in [4.78, 5) is 12.8. The molecular weight excluding hydrogens is 396 g/mol. The largest absolute Gasteiger partial charge is 0.489 e. The molecule has 4 aromatic rings. The number of carbonyl (C=O) groups is 1. The number of benzene rings is 4. The van der Waals surface area contributed by atoms with Crippen molar-refractivity contribution in [1.29, 1.82) is 0 Å². The Morgan fingerprint density at radius 1 is 0.625 bits per heavy atom. The molecule has 160 valence electrons. The summed E-state index contributed by atoms with van der Waals surface area (Å²) in [5, 5.41) is 0. The van der Waals surface area contributed by atoms with Crippen molar-refractivity contribution in [3.8, 4) is 5.75 Å². The Labute approximate surface area is 189 Å². The van der Waals surface area contributed by atoms with Crippen molar-refractivity contribution >= 4 is 5.78 Å². The lowest BCUT2D eigenvalue weighted by Gasteiger charge is -2.14. The standard InChI is InChI=1S/C29H26O3/c30-28(22-31-20-24-12-6-2-7-13-24)26-16-17-29(32-21-25-14-8-3-9-15-25)27(19-26)18-23-10-4-1-5-11-23/h1-17,19H,18,20-22H2. The van der Waals surface area contributed by atoms with Crippen molar-refractivity contribution < 1.29 is 14.3 Å². The Morgan fingerprint density at radius 3 is 1.81 bits per heavy atom. The van der Waals surface area contributed by atoms with Crippen LogP contribution in [0.4, 0.5) is 0 Å². The van der Waals surface area contributed by atoms with Crippen LogP contribution in [-0.4, -0.2) is 12.4 Å². The lowest BCUT2D eigenvalue weighted by atomic mass is 10.00. The van der Waals surface area contributed by atoms with Gasteiger partial charge in [0.1, 0.15) is 19.0 Å². The minimum Gasteiger partial charge on any atom is -0.489 e. The first-order chi connectivity index (χ1) is 15.8. The molecule has 0 unspecified atom stereocenters. The summed E-state index contributed by atoms with van der Waals surface area (Å²) in [6, 6.07) is 35.8. The molecule has 0 atom stereocenters. The predicted molar refractivity (Wildman–Crippen MR) is 127 cm³/mol. The first kappa shape index (κ1) is 21.5. The van der Waals surface area contributed by atoms with Crippen LogP contribution < -0.4 is 4.74 Å². The van der Waals surface area contributed by atoms with Gasteiger partial charge in [-0.3, -0.25) is 4.79 Å². The molecule has 4 aromatic carbocycles. The molecule has 0 amide bonds. The topological polar surface area (TPSA) is 35.5 Å². The third-order valence-corrected chi connectivity index (χ3v) is 5.20. The van der Waals surface area contributed by atoms with E-state index in [0.29, 0.717) is 25.2 Å². The van der Waals surface area contributed by atoms with Crippen molar-refractivity contribution in [1.82, 2.24) is 0 Å². The third kappa shape index (κ3) is 6.16. The molecule has 4 rings (SSSR count). The second-order valence-corrected chi connectivity index (χ2v) is 7.66. The Kier molecular flexibility index (Phi) is 7.46. The quantitative estimate of drug-likeness (QED) is 0.283. The van der Waals surface area contributed by atoms with Crippen LogP contribution in [0, 0.1) is 0 Å². The van der Waals surface area contributed by atoms with Crippen molar-refractivity contribution in [3.63, 3.8) is 0 Å². The van der Waals surface area contributed by atoms with Crippen molar-refractivity contribution in [2.45, 2.75) is 19.6 Å². The van der Waals surface area contributed by atoms with Gasteiger partial charge in [0.2, 0.25) is 0 Å². The van der Waals surface area contributed by atoms with E-state index in [4.69, 9.17) is 9.47 Å². The van der Waals surface area contributed by atoms with Crippen LogP contribution in [0.2, 0.25) is 0 Å². The summed E-state index contributed by atoms with van der Waals surface area (Å²) in [5.41, 5.74) is 4.95. The third-order valence-electron chi connectivity index (χ3n) is 5.20. The number of carbonyl (C=O) groups excluding carboxylic acids is 1. The molecule has 32 heavy (non-hydrogen) atoms. The highest BCUT2D eigenvalue weighted by molar-refractivity contribution is 5.97. The van der Waals surface area contributed by atoms with Crippen molar-refractivity contribution in [3.05, 3.63) is 137 Å². The summed E-state index contributed by atoms with van der Waals surface area (Å²) in [6.45, 7) is 0.946. The number of ketones is 1. The fraction of sp³-hybridized carbons (Fsp3) is 0.138. The van der Waals surface area contributed by atoms with E-state index in [0.717, 1.165) is 22.4 Å². The van der Waals surface area contributed by atoms with Gasteiger partial charge in [0.15, 0.2) is 5.78 Å². The fourth-order valence-electron chi connectivity index (χ4n) is 3.50. The molecule has 0 fully saturated rings. The van der Waals surface area contributed by atoms with Gasteiger partial charge in [-0.15, -0.1) is 0 Å². The zero-order valence-electron chi connectivity index (χ0n) is 17.9. The number of rotatable bonds is 10. The van der Waals surface area contributed by atoms with Crippen molar-refractivity contribution in [2.24, 2.45) is 0 Å². The molecule has 0 saturated carbocycles. The maximum atomic E-state index is 12.8. The minimum atomic E-state index is -0.0372. The SMILES string of the molecule is O=C(COCc1ccccc1)c1ccc(OCc2ccccc2)c(Cc2ccccc2)c1. The maximum Gasteiger partial charge on any atom is 0.188 e. The average molecular weight is 423 g/mol. The van der Waals surface area contributed by atoms with Crippen LogP contribution in [0.15, 0.2) is 109 Å². The Balaban J connectivity index is 1.47. The molecule has 0 bridgehead atoms. The zero-order chi connectivity index (χ0) is 22.0. The highest BCUT2D eigenvalue weighted by atomic mass is 16.5. The Morgan fingerprint density at radius 2 is 1.19 bits per heavy atom. The maximum absolute atomic E-state index is 12.8. The molecule has 0 saturated heterocycles. The lowest BCUT2D eigenvalue weighted by molar-refractivity contribution is 0.0726. The predicted octanol–water partition coefficient (Wildman–Crippen LogP) is 6.26. The molecule has 0 aromatic heterocycles. The molecule has 0 radical (unpaired) electrons. The van der Waals surface area contributed by atoms with Gasteiger partial charge >= 0.3 is 0 Å². The molecule has 3 nitrogen and oxygen atoms in total. The van der Waals surface area contributed by atoms with Gasteiger partial charge in [-0.2, -0.15) is 0 Å². The number of Topliss-reactive ketones (excluding diaryl/α,β-unsaturated/α-hetero) is 1. The number of ether oxygens (including phenoxy) is 2. The van der Waals surface area contributed by atoms with E-state index >= 15 is 0 Å². The highest BCUT2D eigenvalue weighted by Gasteiger charge is 2.12. The van der Waals surface area contributed by atoms with Gasteiger partial charge in [-0.25, -0.2) is 0 Å². The Bertz CT molecular complexity index is 1120. The molecule has 3 heteroatoms. The summed E-state index contributed by atoms with van der Waals surface area (Å²) in [5.74, 6) is 0.754. The average Bonchev–Trinajstić information content (AvgIpc) is 2.85. The van der Waals surface area contributed by atoms with Crippen LogP contribution in [0.5, 0.6) is 5.75 Å². The second-order valence-electron chi connectivity index (χ2n) is 7.66. The van der Waals surface area contributed by atoms with Crippen LogP contribution in [0.3, 0.4) is 0 Å². The van der Waals surface area contributed by atoms with E-state index < -0.39 is 0 Å². The summed E-state index contributed by atoms with van der Waals surface area (Å²) >= 11 is 0. The van der Waals surface area contributed by atoms with Gasteiger partial charge in [0, 0.05) is 12.0 Å². The zero-order valence-corrected chi connectivity index (χ0v) is 17.9. The molecule has 0 spiro atoms. The van der Waals surface area contributed by atoms with Crippen LogP contribution in [0.25, 0.3) is 0 Å². The first-order valence-electron chi connectivity index (χ1n) is 10.8. The highest BCUT2D eigenvalue weighted by Crippen LogP contribution is 2.25. The summed E-state index contributed by atoms with van der Waals surface area (Å²) < 4.78 is 11.8. The van der Waals surface area contributed by atoms with E-state index in [-0.39, 0.29) is 12.4 Å². The van der Waals surface area contributed by atoms with E-state index in [1.54, 1.807) is 0 Å². The number of hydrogen-bond acceptors (Lipinski definition) is 3. The van der Waals surface area contributed by atoms with Crippen LogP contribution in [-0.2, 0) is 24.4 Å². The van der Waals surface area contributed by atoms with Gasteiger partial charge in [0.05, 0.1) is 6.61 Å². The second kappa shape index (κ2) is 11.1. The lowest BCUT2D eigenvalue weighted by Crippen LogP contribution is -2.10. The summed E-state index contributed by atoms with van der Waals surface area (Å²) in [7, 11) is 0. The molecular formula is C29H26O3.